The molecule has 0 spiro atoms. The molecule has 0 radical (unpaired) electrons. The van der Waals surface area contributed by atoms with E-state index in [4.69, 9.17) is 9.69 Å². The van der Waals surface area contributed by atoms with E-state index < -0.39 is 11.4 Å². The van der Waals surface area contributed by atoms with Crippen molar-refractivity contribution in [2.45, 2.75) is 32.1 Å². The van der Waals surface area contributed by atoms with Gasteiger partial charge < -0.3 is 0 Å². The Morgan fingerprint density at radius 3 is 0.815 bits per heavy atom. The van der Waals surface area contributed by atoms with Crippen LogP contribution >= 0.6 is 9.69 Å². The van der Waals surface area contributed by atoms with E-state index in [-0.39, 0.29) is 0 Å². The van der Waals surface area contributed by atoms with Gasteiger partial charge in [0.25, 0.3) is 0 Å². The van der Waals surface area contributed by atoms with Crippen LogP contribution in [0.5, 0.6) is 0 Å². The fourth-order valence-corrected chi connectivity index (χ4v) is 23.4. The van der Waals surface area contributed by atoms with Crippen molar-refractivity contribution in [3.8, 4) is 0 Å². The van der Waals surface area contributed by atoms with Crippen LogP contribution in [0.3, 0.4) is 0 Å². The van der Waals surface area contributed by atoms with Crippen molar-refractivity contribution in [3.63, 3.8) is 0 Å². The molecule has 0 amide bonds. The second-order valence-electron chi connectivity index (χ2n) is 7.23. The number of allylic oxidation sites excluding steroid dienone is 20. The molecular formula is C25H25ClRh. The van der Waals surface area contributed by atoms with E-state index in [0.29, 0.717) is 0 Å². The topological polar surface area (TPSA) is 0 Å². The first kappa shape index (κ1) is 17.4. The van der Waals surface area contributed by atoms with Crippen LogP contribution in [0, 0.1) is 0 Å². The standard InChI is InChI=1S/5C5H5.ClH.Rh/c5*1-2-4-5-3-1;;/h5*1-3H,4H2;1H;/q;;;;;;+1/p-1. The Labute approximate surface area is 164 Å². The zero-order valence-corrected chi connectivity index (χ0v) is 17.8. The van der Waals surface area contributed by atoms with Crippen molar-refractivity contribution in [2.75, 3.05) is 0 Å². The molecule has 27 heavy (non-hydrogen) atoms. The third-order valence-corrected chi connectivity index (χ3v) is 26.4. The molecule has 0 heterocycles. The van der Waals surface area contributed by atoms with Gasteiger partial charge in [-0.2, -0.15) is 0 Å². The van der Waals surface area contributed by atoms with Crippen LogP contribution in [-0.2, 0) is 11.4 Å². The van der Waals surface area contributed by atoms with Gasteiger partial charge in [0.05, 0.1) is 0 Å². The van der Waals surface area contributed by atoms with E-state index >= 15 is 0 Å². The van der Waals surface area contributed by atoms with Crippen molar-refractivity contribution in [3.05, 3.63) is 112 Å². The van der Waals surface area contributed by atoms with Gasteiger partial charge in [0.2, 0.25) is 0 Å². The van der Waals surface area contributed by atoms with Crippen molar-refractivity contribution in [1.29, 1.82) is 0 Å². The second kappa shape index (κ2) is 5.66. The van der Waals surface area contributed by atoms with Crippen LogP contribution in [0.25, 0.3) is 0 Å². The molecule has 141 valence electrons. The van der Waals surface area contributed by atoms with Gasteiger partial charge in [-0.3, -0.25) is 0 Å². The van der Waals surface area contributed by atoms with Gasteiger partial charge in [0.1, 0.15) is 0 Å². The van der Waals surface area contributed by atoms with Crippen LogP contribution < -0.4 is 0 Å². The predicted octanol–water partition coefficient (Wildman–Crippen LogP) is 7.58. The zero-order chi connectivity index (χ0) is 18.4. The van der Waals surface area contributed by atoms with Crippen molar-refractivity contribution in [2.24, 2.45) is 0 Å². The maximum absolute atomic E-state index is 8.72. The molecular weight excluding hydrogens is 439 g/mol. The quantitative estimate of drug-likeness (QED) is 0.368. The van der Waals surface area contributed by atoms with Crippen molar-refractivity contribution >= 4 is 9.69 Å². The Balaban J connectivity index is 2.00. The third kappa shape index (κ3) is 1.74. The van der Waals surface area contributed by atoms with E-state index in [0.717, 1.165) is 32.1 Å². The van der Waals surface area contributed by atoms with Gasteiger partial charge in [-0.05, 0) is 0 Å². The molecule has 0 bridgehead atoms. The summed E-state index contributed by atoms with van der Waals surface area (Å²) < 4.78 is 7.23. The van der Waals surface area contributed by atoms with E-state index in [1.165, 1.54) is 20.8 Å². The minimum atomic E-state index is -4.58. The molecule has 0 aromatic carbocycles. The SMILES string of the molecule is [Cl][Rh]([C]1=CC=CC1)([C]1=CC=CC1)([C]1=CC=CC1)([C]1=CC=CC1)[C]1=CC=CC1. The van der Waals surface area contributed by atoms with Gasteiger partial charge >= 0.3 is 165 Å². The molecule has 0 N–H and O–H groups in total. The first-order chi connectivity index (χ1) is 13.2. The Morgan fingerprint density at radius 2 is 0.667 bits per heavy atom. The van der Waals surface area contributed by atoms with Crippen LogP contribution in [0.2, 0.25) is 0 Å². The van der Waals surface area contributed by atoms with E-state index in [1.54, 1.807) is 0 Å². The Hall–Kier alpha value is -1.69. The molecule has 0 atom stereocenters. The number of rotatable bonds is 5. The van der Waals surface area contributed by atoms with Crippen LogP contribution in [0.4, 0.5) is 0 Å². The van der Waals surface area contributed by atoms with Gasteiger partial charge in [0, 0.05) is 0 Å². The van der Waals surface area contributed by atoms with Crippen molar-refractivity contribution in [1.82, 2.24) is 0 Å². The summed E-state index contributed by atoms with van der Waals surface area (Å²) in [7, 11) is 8.72. The van der Waals surface area contributed by atoms with E-state index in [9.17, 15) is 0 Å². The molecule has 0 saturated heterocycles. The molecule has 0 unspecified atom stereocenters. The van der Waals surface area contributed by atoms with Crippen molar-refractivity contribution < 1.29 is 11.4 Å². The number of hydrogen-bond acceptors (Lipinski definition) is 0. The molecule has 0 fully saturated rings. The third-order valence-electron chi connectivity index (χ3n) is 6.09. The summed E-state index contributed by atoms with van der Waals surface area (Å²) in [6, 6.07) is 0. The molecule has 0 aliphatic heterocycles. The average Bonchev–Trinajstić information content (AvgIpc) is 3.56. The Bertz CT molecular complexity index is 845. The minimum absolute atomic E-state index is 0.948. The molecule has 0 aromatic heterocycles. The van der Waals surface area contributed by atoms with Crippen LogP contribution in [-0.4, -0.2) is 0 Å². The summed E-state index contributed by atoms with van der Waals surface area (Å²) in [5, 5.41) is 0. The first-order valence-corrected chi connectivity index (χ1v) is 15.8. The molecule has 0 nitrogen and oxygen atoms in total. The number of halogens is 1. The first-order valence-electron chi connectivity index (χ1n) is 9.55. The zero-order valence-electron chi connectivity index (χ0n) is 15.4. The Kier molecular flexibility index (Phi) is 3.65. The van der Waals surface area contributed by atoms with Gasteiger partial charge in [-0.1, -0.05) is 0 Å². The normalized spacial score (nSPS) is 25.4. The van der Waals surface area contributed by atoms with E-state index in [2.05, 4.69) is 91.1 Å². The second-order valence-corrected chi connectivity index (χ2v) is 21.9. The van der Waals surface area contributed by atoms with E-state index in [1.807, 2.05) is 0 Å². The average molecular weight is 464 g/mol. The molecule has 0 saturated carbocycles. The molecule has 5 rings (SSSR count). The summed E-state index contributed by atoms with van der Waals surface area (Å²) in [6.07, 6.45) is 39.0. The summed E-state index contributed by atoms with van der Waals surface area (Å²) in [5.74, 6) is 0. The molecule has 5 aliphatic rings. The monoisotopic (exact) mass is 463 g/mol. The maximum atomic E-state index is 8.72. The molecule has 5 aliphatic carbocycles. The summed E-state index contributed by atoms with van der Waals surface area (Å²) in [5.41, 5.74) is 0. The Morgan fingerprint density at radius 1 is 0.444 bits per heavy atom. The molecule has 0 aromatic rings. The van der Waals surface area contributed by atoms with Gasteiger partial charge in [0.15, 0.2) is 0 Å². The van der Waals surface area contributed by atoms with Crippen LogP contribution in [0.1, 0.15) is 32.1 Å². The van der Waals surface area contributed by atoms with Crippen LogP contribution in [0.15, 0.2) is 112 Å². The predicted molar refractivity (Wildman–Crippen MR) is 115 cm³/mol. The summed E-state index contributed by atoms with van der Waals surface area (Å²) in [6.45, 7) is 0. The van der Waals surface area contributed by atoms with Gasteiger partial charge in [-0.25, -0.2) is 0 Å². The fraction of sp³-hybridized carbons (Fsp3) is 0.200. The number of hydrogen-bond donors (Lipinski definition) is 0. The fourth-order valence-electron chi connectivity index (χ4n) is 4.90. The summed E-state index contributed by atoms with van der Waals surface area (Å²) >= 11 is -4.58. The summed E-state index contributed by atoms with van der Waals surface area (Å²) in [4.78, 5) is 0. The van der Waals surface area contributed by atoms with Gasteiger partial charge in [-0.15, -0.1) is 0 Å². The molecule has 2 heteroatoms.